The van der Waals surface area contributed by atoms with E-state index in [0.29, 0.717) is 22.8 Å². The number of benzene rings is 1. The van der Waals surface area contributed by atoms with Gasteiger partial charge in [-0.15, -0.1) is 0 Å². The first-order valence-corrected chi connectivity index (χ1v) is 7.86. The van der Waals surface area contributed by atoms with Crippen molar-refractivity contribution in [2.45, 2.75) is 45.6 Å². The molecule has 0 amide bonds. The van der Waals surface area contributed by atoms with Gasteiger partial charge in [0, 0.05) is 16.6 Å². The van der Waals surface area contributed by atoms with E-state index in [1.54, 1.807) is 0 Å². The van der Waals surface area contributed by atoms with Crippen LogP contribution in [0.4, 0.5) is 0 Å². The molecule has 0 spiro atoms. The van der Waals surface area contributed by atoms with Gasteiger partial charge in [0.05, 0.1) is 5.92 Å². The summed E-state index contributed by atoms with van der Waals surface area (Å²) in [6.07, 6.45) is 2.06. The Morgan fingerprint density at radius 3 is 2.81 bits per heavy atom. The summed E-state index contributed by atoms with van der Waals surface area (Å²) in [6.45, 7) is 7.45. The molecule has 0 bridgehead atoms. The van der Waals surface area contributed by atoms with Crippen molar-refractivity contribution in [1.82, 2.24) is 15.5 Å². The van der Waals surface area contributed by atoms with Crippen molar-refractivity contribution in [3.05, 3.63) is 35.2 Å². The van der Waals surface area contributed by atoms with Gasteiger partial charge in [-0.1, -0.05) is 42.7 Å². The molecule has 2 aromatic rings. The summed E-state index contributed by atoms with van der Waals surface area (Å²) >= 11 is 6.00. The van der Waals surface area contributed by atoms with Gasteiger partial charge in [0.25, 0.3) is 0 Å². The van der Waals surface area contributed by atoms with Gasteiger partial charge >= 0.3 is 0 Å². The quantitative estimate of drug-likeness (QED) is 0.830. The molecule has 1 aromatic carbocycles. The van der Waals surface area contributed by atoms with Crippen LogP contribution in [0.5, 0.6) is 0 Å². The Bertz CT molecular complexity index is 570. The van der Waals surface area contributed by atoms with Crippen molar-refractivity contribution in [3.8, 4) is 11.4 Å². The molecule has 21 heavy (non-hydrogen) atoms. The van der Waals surface area contributed by atoms with Crippen LogP contribution in [0.15, 0.2) is 28.8 Å². The molecule has 0 radical (unpaired) electrons. The first kappa shape index (κ1) is 16.0. The minimum absolute atomic E-state index is 0.219. The van der Waals surface area contributed by atoms with Crippen molar-refractivity contribution in [3.63, 3.8) is 0 Å². The number of rotatable bonds is 7. The second kappa shape index (κ2) is 7.57. The smallest absolute Gasteiger partial charge is 0.231 e. The van der Waals surface area contributed by atoms with E-state index in [1.165, 1.54) is 0 Å². The lowest BCUT2D eigenvalue weighted by Crippen LogP contribution is -2.32. The van der Waals surface area contributed by atoms with Crippen molar-refractivity contribution in [2.75, 3.05) is 6.54 Å². The summed E-state index contributed by atoms with van der Waals surface area (Å²) < 4.78 is 5.47. The van der Waals surface area contributed by atoms with Crippen LogP contribution in [-0.4, -0.2) is 22.7 Å². The molecular formula is C16H22ClN3O. The molecule has 2 unspecified atom stereocenters. The monoisotopic (exact) mass is 307 g/mol. The predicted molar refractivity (Wildman–Crippen MR) is 85.5 cm³/mol. The highest BCUT2D eigenvalue weighted by Crippen LogP contribution is 2.26. The maximum Gasteiger partial charge on any atom is 0.231 e. The van der Waals surface area contributed by atoms with Gasteiger partial charge in [0.15, 0.2) is 0 Å². The highest BCUT2D eigenvalue weighted by Gasteiger charge is 2.23. The third kappa shape index (κ3) is 4.05. The zero-order valence-electron chi connectivity index (χ0n) is 12.8. The second-order valence-electron chi connectivity index (χ2n) is 5.22. The zero-order valence-corrected chi connectivity index (χ0v) is 13.5. The number of nitrogens with zero attached hydrogens (tertiary/aromatic N) is 2. The van der Waals surface area contributed by atoms with Crippen LogP contribution in [0.2, 0.25) is 5.02 Å². The van der Waals surface area contributed by atoms with Crippen molar-refractivity contribution in [2.24, 2.45) is 0 Å². The molecule has 114 valence electrons. The first-order chi connectivity index (χ1) is 10.2. The zero-order chi connectivity index (χ0) is 15.2. The molecule has 0 aliphatic rings. The number of aromatic nitrogens is 2. The first-order valence-electron chi connectivity index (χ1n) is 7.48. The predicted octanol–water partition coefficient (Wildman–Crippen LogP) is 4.27. The van der Waals surface area contributed by atoms with Crippen molar-refractivity contribution < 1.29 is 4.52 Å². The molecule has 4 nitrogen and oxygen atoms in total. The molecule has 0 aliphatic carbocycles. The fourth-order valence-corrected chi connectivity index (χ4v) is 2.58. The van der Waals surface area contributed by atoms with E-state index in [4.69, 9.17) is 16.1 Å². The lowest BCUT2D eigenvalue weighted by atomic mass is 9.98. The minimum atomic E-state index is 0.219. The van der Waals surface area contributed by atoms with E-state index in [9.17, 15) is 0 Å². The largest absolute Gasteiger partial charge is 0.339 e. The van der Waals surface area contributed by atoms with Gasteiger partial charge in [-0.25, -0.2) is 0 Å². The van der Waals surface area contributed by atoms with Crippen LogP contribution < -0.4 is 5.32 Å². The topological polar surface area (TPSA) is 51.0 Å². The molecule has 0 saturated carbocycles. The van der Waals surface area contributed by atoms with Gasteiger partial charge < -0.3 is 9.84 Å². The van der Waals surface area contributed by atoms with Crippen LogP contribution in [0, 0.1) is 0 Å². The Labute approximate surface area is 130 Å². The number of halogens is 1. The molecular weight excluding hydrogens is 286 g/mol. The van der Waals surface area contributed by atoms with E-state index >= 15 is 0 Å². The fourth-order valence-electron chi connectivity index (χ4n) is 2.39. The minimum Gasteiger partial charge on any atom is -0.339 e. The van der Waals surface area contributed by atoms with E-state index in [2.05, 4.69) is 36.2 Å². The van der Waals surface area contributed by atoms with Gasteiger partial charge in [-0.3, -0.25) is 0 Å². The summed E-state index contributed by atoms with van der Waals surface area (Å²) in [7, 11) is 0. The van der Waals surface area contributed by atoms with Gasteiger partial charge in [0.2, 0.25) is 11.7 Å². The maximum atomic E-state index is 6.00. The molecule has 1 heterocycles. The Hall–Kier alpha value is -1.39. The Morgan fingerprint density at radius 2 is 2.14 bits per heavy atom. The molecule has 5 heteroatoms. The standard InChI is InChI=1S/C16H22ClN3O/c1-4-9-18-11(3)14(5-2)16-19-15(20-21-16)12-7-6-8-13(17)10-12/h6-8,10-11,14,18H,4-5,9H2,1-3H3. The molecule has 0 saturated heterocycles. The van der Waals surface area contributed by atoms with E-state index in [1.807, 2.05) is 24.3 Å². The summed E-state index contributed by atoms with van der Waals surface area (Å²) in [6, 6.07) is 7.80. The Balaban J connectivity index is 2.17. The van der Waals surface area contributed by atoms with Crippen LogP contribution in [0.3, 0.4) is 0 Å². The van der Waals surface area contributed by atoms with Crippen molar-refractivity contribution >= 4 is 11.6 Å². The van der Waals surface area contributed by atoms with E-state index in [0.717, 1.165) is 24.9 Å². The SMILES string of the molecule is CCCNC(C)C(CC)c1nc(-c2cccc(Cl)c2)no1. The molecule has 0 aliphatic heterocycles. The highest BCUT2D eigenvalue weighted by atomic mass is 35.5. The summed E-state index contributed by atoms with van der Waals surface area (Å²) in [5.41, 5.74) is 0.876. The molecule has 1 aromatic heterocycles. The van der Waals surface area contributed by atoms with Crippen LogP contribution in [0.25, 0.3) is 11.4 Å². The van der Waals surface area contributed by atoms with E-state index < -0.39 is 0 Å². The highest BCUT2D eigenvalue weighted by molar-refractivity contribution is 6.30. The molecule has 2 rings (SSSR count). The molecule has 0 fully saturated rings. The van der Waals surface area contributed by atoms with Gasteiger partial charge in [-0.2, -0.15) is 4.98 Å². The maximum absolute atomic E-state index is 6.00. The van der Waals surface area contributed by atoms with Crippen LogP contribution >= 0.6 is 11.6 Å². The second-order valence-corrected chi connectivity index (χ2v) is 5.66. The number of nitrogens with one attached hydrogen (secondary N) is 1. The summed E-state index contributed by atoms with van der Waals surface area (Å²) in [4.78, 5) is 4.55. The Morgan fingerprint density at radius 1 is 1.33 bits per heavy atom. The van der Waals surface area contributed by atoms with Gasteiger partial charge in [-0.05, 0) is 38.4 Å². The van der Waals surface area contributed by atoms with E-state index in [-0.39, 0.29) is 5.92 Å². The number of hydrogen-bond acceptors (Lipinski definition) is 4. The van der Waals surface area contributed by atoms with Crippen molar-refractivity contribution in [1.29, 1.82) is 0 Å². The lowest BCUT2D eigenvalue weighted by Gasteiger charge is -2.20. The number of hydrogen-bond donors (Lipinski definition) is 1. The van der Waals surface area contributed by atoms with Gasteiger partial charge in [0.1, 0.15) is 0 Å². The van der Waals surface area contributed by atoms with Crippen LogP contribution in [-0.2, 0) is 0 Å². The average Bonchev–Trinajstić information content (AvgIpc) is 2.95. The molecule has 2 atom stereocenters. The van der Waals surface area contributed by atoms with Crippen LogP contribution in [0.1, 0.15) is 45.4 Å². The third-order valence-corrected chi connectivity index (χ3v) is 3.84. The average molecular weight is 308 g/mol. The third-order valence-electron chi connectivity index (χ3n) is 3.60. The molecule has 1 N–H and O–H groups in total. The summed E-state index contributed by atoms with van der Waals surface area (Å²) in [5.74, 6) is 1.49. The normalized spacial score (nSPS) is 14.1. The fraction of sp³-hybridized carbons (Fsp3) is 0.500. The Kier molecular flexibility index (Phi) is 5.76. The summed E-state index contributed by atoms with van der Waals surface area (Å²) in [5, 5.41) is 8.25. The lowest BCUT2D eigenvalue weighted by molar-refractivity contribution is 0.316.